The van der Waals surface area contributed by atoms with Gasteiger partial charge in [0, 0.05) is 18.5 Å². The summed E-state index contributed by atoms with van der Waals surface area (Å²) in [5.41, 5.74) is 4.54. The molecule has 0 saturated heterocycles. The Morgan fingerprint density at radius 2 is 1.60 bits per heavy atom. The highest BCUT2D eigenvalue weighted by Gasteiger charge is 2.37. The lowest BCUT2D eigenvalue weighted by Gasteiger charge is -2.28. The molecule has 2 aliphatic rings. The Hall–Kier alpha value is -3.39. The smallest absolute Gasteiger partial charge is 0.407 e. The highest BCUT2D eigenvalue weighted by atomic mass is 16.5. The molecule has 8 heteroatoms. The summed E-state index contributed by atoms with van der Waals surface area (Å²) < 4.78 is 5.65. The van der Waals surface area contributed by atoms with E-state index in [2.05, 4.69) is 29.6 Å². The van der Waals surface area contributed by atoms with Crippen molar-refractivity contribution in [2.24, 2.45) is 0 Å². The van der Waals surface area contributed by atoms with Crippen molar-refractivity contribution in [3.63, 3.8) is 0 Å². The van der Waals surface area contributed by atoms with Crippen molar-refractivity contribution >= 4 is 18.0 Å². The SMILES string of the molecule is CN(C)CCC(NC(=O)OCC1c2ccccc2-c2ccccc21)C(=O)N(CCC(=O)O)C1CC1. The number of carbonyl (C=O) groups is 3. The van der Waals surface area contributed by atoms with Gasteiger partial charge >= 0.3 is 12.1 Å². The van der Waals surface area contributed by atoms with Gasteiger partial charge in [-0.1, -0.05) is 48.5 Å². The topological polar surface area (TPSA) is 99.2 Å². The third-order valence-electron chi connectivity index (χ3n) is 6.64. The molecule has 2 N–H and O–H groups in total. The van der Waals surface area contributed by atoms with Crippen molar-refractivity contribution in [2.75, 3.05) is 33.8 Å². The Morgan fingerprint density at radius 1 is 1.00 bits per heavy atom. The van der Waals surface area contributed by atoms with Crippen LogP contribution in [-0.2, 0) is 14.3 Å². The average molecular weight is 480 g/mol. The van der Waals surface area contributed by atoms with E-state index in [1.54, 1.807) is 4.90 Å². The zero-order valence-corrected chi connectivity index (χ0v) is 20.3. The van der Waals surface area contributed by atoms with Gasteiger partial charge in [0.1, 0.15) is 12.6 Å². The van der Waals surface area contributed by atoms with E-state index in [0.717, 1.165) is 35.1 Å². The Bertz CT molecular complexity index is 1040. The number of carbonyl (C=O) groups excluding carboxylic acids is 2. The zero-order chi connectivity index (χ0) is 24.9. The van der Waals surface area contributed by atoms with Gasteiger partial charge in [-0.05, 0) is 62.2 Å². The Labute approximate surface area is 205 Å². The summed E-state index contributed by atoms with van der Waals surface area (Å²) in [6.45, 7) is 0.904. The quantitative estimate of drug-likeness (QED) is 0.513. The number of hydrogen-bond acceptors (Lipinski definition) is 5. The van der Waals surface area contributed by atoms with Gasteiger partial charge in [0.05, 0.1) is 6.42 Å². The molecule has 8 nitrogen and oxygen atoms in total. The van der Waals surface area contributed by atoms with Gasteiger partial charge in [-0.25, -0.2) is 4.79 Å². The normalized spacial score (nSPS) is 15.3. The van der Waals surface area contributed by atoms with Crippen LogP contribution >= 0.6 is 0 Å². The van der Waals surface area contributed by atoms with Crippen LogP contribution in [0.5, 0.6) is 0 Å². The molecule has 1 saturated carbocycles. The number of aliphatic carboxylic acids is 1. The first-order valence-corrected chi connectivity index (χ1v) is 12.1. The van der Waals surface area contributed by atoms with Crippen LogP contribution in [0.15, 0.2) is 48.5 Å². The van der Waals surface area contributed by atoms with E-state index in [0.29, 0.717) is 13.0 Å². The predicted octanol–water partition coefficient (Wildman–Crippen LogP) is 3.31. The summed E-state index contributed by atoms with van der Waals surface area (Å²) in [4.78, 5) is 40.8. The summed E-state index contributed by atoms with van der Waals surface area (Å²) in [5, 5.41) is 11.9. The Kier molecular flexibility index (Phi) is 7.70. The molecule has 0 heterocycles. The lowest BCUT2D eigenvalue weighted by molar-refractivity contribution is -0.139. The first kappa shape index (κ1) is 24.7. The van der Waals surface area contributed by atoms with Gasteiger partial charge in [0.2, 0.25) is 5.91 Å². The molecule has 1 atom stereocenters. The first-order chi connectivity index (χ1) is 16.8. The van der Waals surface area contributed by atoms with Gasteiger partial charge < -0.3 is 25.0 Å². The van der Waals surface area contributed by atoms with Crippen LogP contribution in [-0.4, -0.2) is 78.8 Å². The number of fused-ring (bicyclic) bond motifs is 3. The van der Waals surface area contributed by atoms with Gasteiger partial charge in [0.15, 0.2) is 0 Å². The summed E-state index contributed by atoms with van der Waals surface area (Å²) in [7, 11) is 3.80. The van der Waals surface area contributed by atoms with Crippen LogP contribution in [0, 0.1) is 0 Å². The highest BCUT2D eigenvalue weighted by molar-refractivity contribution is 5.86. The fourth-order valence-electron chi connectivity index (χ4n) is 4.70. The zero-order valence-electron chi connectivity index (χ0n) is 20.3. The lowest BCUT2D eigenvalue weighted by atomic mass is 9.98. The molecular weight excluding hydrogens is 446 g/mol. The fraction of sp³-hybridized carbons (Fsp3) is 0.444. The van der Waals surface area contributed by atoms with E-state index in [9.17, 15) is 14.4 Å². The molecule has 2 aliphatic carbocycles. The number of benzene rings is 2. The molecule has 186 valence electrons. The van der Waals surface area contributed by atoms with Crippen LogP contribution in [0.4, 0.5) is 4.79 Å². The first-order valence-electron chi connectivity index (χ1n) is 12.1. The fourth-order valence-corrected chi connectivity index (χ4v) is 4.70. The van der Waals surface area contributed by atoms with Crippen LogP contribution < -0.4 is 5.32 Å². The minimum atomic E-state index is -0.946. The van der Waals surface area contributed by atoms with Crippen molar-refractivity contribution in [1.82, 2.24) is 15.1 Å². The van der Waals surface area contributed by atoms with Gasteiger partial charge in [-0.2, -0.15) is 0 Å². The number of hydrogen-bond donors (Lipinski definition) is 2. The van der Waals surface area contributed by atoms with Gasteiger partial charge in [-0.15, -0.1) is 0 Å². The molecule has 2 aromatic carbocycles. The molecule has 0 aliphatic heterocycles. The second-order valence-corrected chi connectivity index (χ2v) is 9.52. The maximum absolute atomic E-state index is 13.3. The molecule has 4 rings (SSSR count). The highest BCUT2D eigenvalue weighted by Crippen LogP contribution is 2.44. The number of carboxylic acid groups (broad SMARTS) is 1. The number of amides is 2. The Morgan fingerprint density at radius 3 is 2.14 bits per heavy atom. The van der Waals surface area contributed by atoms with Crippen molar-refractivity contribution in [1.29, 1.82) is 0 Å². The van der Waals surface area contributed by atoms with E-state index in [1.807, 2.05) is 43.3 Å². The molecule has 1 fully saturated rings. The monoisotopic (exact) mass is 479 g/mol. The number of carboxylic acids is 1. The summed E-state index contributed by atoms with van der Waals surface area (Å²) in [6, 6.07) is 15.5. The molecule has 2 amide bonds. The largest absolute Gasteiger partial charge is 0.481 e. The van der Waals surface area contributed by atoms with Crippen LogP contribution in [0.3, 0.4) is 0 Å². The molecule has 0 radical (unpaired) electrons. The standard InChI is InChI=1S/C27H33N3O5/c1-29(2)15-13-24(26(33)30(18-11-12-18)16-14-25(31)32)28-27(34)35-17-23-21-9-5-3-7-19(21)20-8-4-6-10-22(20)23/h3-10,18,23-24H,11-17H2,1-2H3,(H,28,34)(H,31,32). The number of nitrogens with one attached hydrogen (secondary N) is 1. The van der Waals surface area contributed by atoms with E-state index in [-0.39, 0.29) is 37.4 Å². The third-order valence-corrected chi connectivity index (χ3v) is 6.64. The number of nitrogens with zero attached hydrogens (tertiary/aromatic N) is 2. The van der Waals surface area contributed by atoms with Gasteiger partial charge in [-0.3, -0.25) is 9.59 Å². The maximum Gasteiger partial charge on any atom is 0.407 e. The summed E-state index contributed by atoms with van der Waals surface area (Å²) in [5.74, 6) is -1.26. The molecule has 0 bridgehead atoms. The molecule has 1 unspecified atom stereocenters. The van der Waals surface area contributed by atoms with Crippen molar-refractivity contribution < 1.29 is 24.2 Å². The second kappa shape index (κ2) is 10.9. The van der Waals surface area contributed by atoms with Crippen molar-refractivity contribution in [2.45, 2.75) is 43.7 Å². The van der Waals surface area contributed by atoms with E-state index >= 15 is 0 Å². The van der Waals surface area contributed by atoms with E-state index < -0.39 is 18.1 Å². The van der Waals surface area contributed by atoms with Crippen molar-refractivity contribution in [3.8, 4) is 11.1 Å². The second-order valence-electron chi connectivity index (χ2n) is 9.52. The lowest BCUT2D eigenvalue weighted by Crippen LogP contribution is -2.51. The maximum atomic E-state index is 13.3. The predicted molar refractivity (Wildman–Crippen MR) is 132 cm³/mol. The van der Waals surface area contributed by atoms with Crippen LogP contribution in [0.2, 0.25) is 0 Å². The molecular formula is C27H33N3O5. The average Bonchev–Trinajstić information content (AvgIpc) is 3.62. The van der Waals surface area contributed by atoms with E-state index in [1.165, 1.54) is 0 Å². The molecule has 0 spiro atoms. The number of rotatable bonds is 11. The summed E-state index contributed by atoms with van der Waals surface area (Å²) >= 11 is 0. The number of ether oxygens (including phenoxy) is 1. The summed E-state index contributed by atoms with van der Waals surface area (Å²) in [6.07, 6.45) is 1.37. The minimum absolute atomic E-state index is 0.0491. The van der Waals surface area contributed by atoms with Gasteiger partial charge in [0.25, 0.3) is 0 Å². The third kappa shape index (κ3) is 6.00. The van der Waals surface area contributed by atoms with E-state index in [4.69, 9.17) is 9.84 Å². The molecule has 35 heavy (non-hydrogen) atoms. The van der Waals surface area contributed by atoms with Crippen LogP contribution in [0.25, 0.3) is 11.1 Å². The molecule has 2 aromatic rings. The number of alkyl carbamates (subject to hydrolysis) is 1. The molecule has 0 aromatic heterocycles. The van der Waals surface area contributed by atoms with Crippen LogP contribution in [0.1, 0.15) is 42.7 Å². The Balaban J connectivity index is 1.43. The van der Waals surface area contributed by atoms with Crippen molar-refractivity contribution in [3.05, 3.63) is 59.7 Å². The minimum Gasteiger partial charge on any atom is -0.481 e.